The van der Waals surface area contributed by atoms with Crippen LogP contribution in [0.15, 0.2) is 53.3 Å². The number of aliphatic hydroxyl groups is 1. The van der Waals surface area contributed by atoms with Crippen molar-refractivity contribution in [2.24, 2.45) is 0 Å². The highest BCUT2D eigenvalue weighted by Gasteiger charge is 2.39. The summed E-state index contributed by atoms with van der Waals surface area (Å²) in [7, 11) is 0. The van der Waals surface area contributed by atoms with E-state index in [-0.39, 0.29) is 36.5 Å². The third-order valence-electron chi connectivity index (χ3n) is 6.18. The van der Waals surface area contributed by atoms with Crippen molar-refractivity contribution in [3.05, 3.63) is 80.7 Å². The second-order valence-corrected chi connectivity index (χ2v) is 11.7. The van der Waals surface area contributed by atoms with Gasteiger partial charge in [-0.1, -0.05) is 35.3 Å². The van der Waals surface area contributed by atoms with Crippen LogP contribution in [-0.4, -0.2) is 64.6 Å². The van der Waals surface area contributed by atoms with E-state index in [1.165, 1.54) is 35.9 Å². The maximum absolute atomic E-state index is 13.4. The first-order valence-corrected chi connectivity index (χ1v) is 14.1. The predicted molar refractivity (Wildman–Crippen MR) is 157 cm³/mol. The fraction of sp³-hybridized carbons (Fsp3) is 0.393. The zero-order valence-corrected chi connectivity index (χ0v) is 25.7. The molecular formula is C28H30Cl2F3N7O4. The van der Waals surface area contributed by atoms with Crippen molar-refractivity contribution in [1.82, 2.24) is 34.4 Å². The van der Waals surface area contributed by atoms with Gasteiger partial charge < -0.3 is 15.2 Å². The first kappa shape index (κ1) is 33.2. The number of hydrogen-bond acceptors (Lipinski definition) is 7. The molecule has 4 aromatic rings. The van der Waals surface area contributed by atoms with Crippen molar-refractivity contribution in [2.45, 2.75) is 64.7 Å². The predicted octanol–water partition coefficient (Wildman–Crippen LogP) is 4.56. The molecule has 236 valence electrons. The SMILES string of the molecule is CC(=O)NC(COC(C)(C)C)c1nc(Cn2nc(-c3ccc(Cl)cc3)n(CC(O)C(F)(F)F)c2=O)nn1-c1ccccc1Cl. The lowest BCUT2D eigenvalue weighted by atomic mass is 10.2. The minimum atomic E-state index is -4.98. The molecule has 2 N–H and O–H groups in total. The summed E-state index contributed by atoms with van der Waals surface area (Å²) in [5.74, 6) is -0.230. The largest absolute Gasteiger partial charge is 0.416 e. The van der Waals surface area contributed by atoms with Gasteiger partial charge >= 0.3 is 11.9 Å². The molecule has 0 saturated heterocycles. The standard InChI is InChI=1S/C28H30Cl2F3N7O4/c1-16(41)34-20(15-44-27(2,3)4)25-35-23(36-40(25)21-8-6-5-7-19(21)30)14-39-26(43)38(13-22(42)28(31,32)33)24(37-39)17-9-11-18(29)12-10-17/h5-12,20,22,42H,13-15H2,1-4H3,(H,34,41). The van der Waals surface area contributed by atoms with E-state index in [0.29, 0.717) is 21.3 Å². The summed E-state index contributed by atoms with van der Waals surface area (Å²) in [5, 5.41) is 22.1. The molecule has 4 rings (SSSR count). The van der Waals surface area contributed by atoms with Gasteiger partial charge in [-0.15, -0.1) is 10.2 Å². The first-order chi connectivity index (χ1) is 20.5. The quantitative estimate of drug-likeness (QED) is 0.256. The summed E-state index contributed by atoms with van der Waals surface area (Å²) in [6.07, 6.45) is -7.80. The number of carbonyl (C=O) groups excluding carboxylic acids is 1. The van der Waals surface area contributed by atoms with E-state index in [1.54, 1.807) is 24.3 Å². The van der Waals surface area contributed by atoms with E-state index in [9.17, 15) is 27.9 Å². The Morgan fingerprint density at radius 1 is 1.07 bits per heavy atom. The molecule has 0 spiro atoms. The normalized spacial score (nSPS) is 13.6. The molecule has 0 aliphatic rings. The summed E-state index contributed by atoms with van der Waals surface area (Å²) in [5.41, 5.74) is -0.793. The number of hydrogen-bond donors (Lipinski definition) is 2. The highest BCUT2D eigenvalue weighted by molar-refractivity contribution is 6.32. The van der Waals surface area contributed by atoms with Crippen molar-refractivity contribution in [3.63, 3.8) is 0 Å². The molecule has 0 bridgehead atoms. The van der Waals surface area contributed by atoms with Gasteiger partial charge in [-0.05, 0) is 57.2 Å². The maximum atomic E-state index is 13.4. The van der Waals surface area contributed by atoms with Crippen LogP contribution >= 0.6 is 23.2 Å². The Hall–Kier alpha value is -3.72. The number of amides is 1. The van der Waals surface area contributed by atoms with Gasteiger partial charge in [-0.25, -0.2) is 19.1 Å². The lowest BCUT2D eigenvalue weighted by Crippen LogP contribution is -2.37. The summed E-state index contributed by atoms with van der Waals surface area (Å²) < 4.78 is 48.8. The van der Waals surface area contributed by atoms with Gasteiger partial charge in [0, 0.05) is 17.5 Å². The number of alkyl halides is 3. The summed E-state index contributed by atoms with van der Waals surface area (Å²) >= 11 is 12.4. The highest BCUT2D eigenvalue weighted by atomic mass is 35.5. The average Bonchev–Trinajstić information content (AvgIpc) is 3.47. The first-order valence-electron chi connectivity index (χ1n) is 13.3. The van der Waals surface area contributed by atoms with E-state index in [2.05, 4.69) is 20.5 Å². The molecule has 1 amide bonds. The molecule has 0 aliphatic carbocycles. The molecule has 2 atom stereocenters. The van der Waals surface area contributed by atoms with Crippen LogP contribution in [0.5, 0.6) is 0 Å². The Kier molecular flexibility index (Phi) is 9.88. The molecule has 2 aromatic carbocycles. The van der Waals surface area contributed by atoms with Crippen molar-refractivity contribution >= 4 is 29.1 Å². The third-order valence-corrected chi connectivity index (χ3v) is 6.75. The van der Waals surface area contributed by atoms with Gasteiger partial charge in [0.05, 0.1) is 29.5 Å². The summed E-state index contributed by atoms with van der Waals surface area (Å²) in [4.78, 5) is 30.1. The molecule has 11 nitrogen and oxygen atoms in total. The number of nitrogens with zero attached hydrogens (tertiary/aromatic N) is 6. The number of nitrogens with one attached hydrogen (secondary N) is 1. The molecule has 0 saturated carbocycles. The highest BCUT2D eigenvalue weighted by Crippen LogP contribution is 2.26. The Bertz CT molecular complexity index is 1680. The third kappa shape index (κ3) is 8.05. The fourth-order valence-corrected chi connectivity index (χ4v) is 4.49. The number of para-hydroxylation sites is 1. The molecule has 0 fully saturated rings. The Morgan fingerprint density at radius 2 is 1.73 bits per heavy atom. The van der Waals surface area contributed by atoms with Crippen LogP contribution in [0, 0.1) is 0 Å². The van der Waals surface area contributed by atoms with Crippen LogP contribution in [0.4, 0.5) is 13.2 Å². The van der Waals surface area contributed by atoms with Crippen molar-refractivity contribution in [1.29, 1.82) is 0 Å². The van der Waals surface area contributed by atoms with Crippen LogP contribution in [0.25, 0.3) is 17.1 Å². The number of carbonyl (C=O) groups is 1. The number of rotatable bonds is 10. The monoisotopic (exact) mass is 655 g/mol. The van der Waals surface area contributed by atoms with Crippen LogP contribution in [-0.2, 0) is 22.6 Å². The smallest absolute Gasteiger partial charge is 0.382 e. The fourth-order valence-electron chi connectivity index (χ4n) is 4.15. The second-order valence-electron chi connectivity index (χ2n) is 10.9. The van der Waals surface area contributed by atoms with Crippen LogP contribution in [0.1, 0.15) is 45.4 Å². The van der Waals surface area contributed by atoms with Gasteiger partial charge in [0.2, 0.25) is 5.91 Å². The van der Waals surface area contributed by atoms with E-state index >= 15 is 0 Å². The number of halogens is 5. The van der Waals surface area contributed by atoms with Gasteiger partial charge in [0.1, 0.15) is 12.6 Å². The minimum Gasteiger partial charge on any atom is -0.382 e. The van der Waals surface area contributed by atoms with Crippen LogP contribution in [0.3, 0.4) is 0 Å². The summed E-state index contributed by atoms with van der Waals surface area (Å²) in [6, 6.07) is 11.9. The minimum absolute atomic E-state index is 0.0102. The van der Waals surface area contributed by atoms with Crippen LogP contribution in [0.2, 0.25) is 10.0 Å². The van der Waals surface area contributed by atoms with E-state index < -0.39 is 36.2 Å². The maximum Gasteiger partial charge on any atom is 0.416 e. The van der Waals surface area contributed by atoms with Crippen molar-refractivity contribution in [3.8, 4) is 17.1 Å². The lowest BCUT2D eigenvalue weighted by Gasteiger charge is -2.24. The Morgan fingerprint density at radius 3 is 2.32 bits per heavy atom. The number of aromatic nitrogens is 6. The molecule has 0 aliphatic heterocycles. The molecular weight excluding hydrogens is 626 g/mol. The van der Waals surface area contributed by atoms with Gasteiger partial charge in [-0.3, -0.25) is 9.36 Å². The topological polar surface area (TPSA) is 129 Å². The molecule has 2 heterocycles. The number of aliphatic hydroxyl groups excluding tert-OH is 1. The summed E-state index contributed by atoms with van der Waals surface area (Å²) in [6.45, 7) is 5.42. The lowest BCUT2D eigenvalue weighted by molar-refractivity contribution is -0.207. The second kappa shape index (κ2) is 13.1. The van der Waals surface area contributed by atoms with Gasteiger partial charge in [0.15, 0.2) is 23.6 Å². The molecule has 2 aromatic heterocycles. The van der Waals surface area contributed by atoms with E-state index in [0.717, 1.165) is 9.25 Å². The van der Waals surface area contributed by atoms with E-state index in [4.69, 9.17) is 27.9 Å². The van der Waals surface area contributed by atoms with Gasteiger partial charge in [-0.2, -0.15) is 13.2 Å². The average molecular weight is 656 g/mol. The molecule has 2 unspecified atom stereocenters. The zero-order chi connectivity index (χ0) is 32.4. The Labute approximate surface area is 260 Å². The van der Waals surface area contributed by atoms with Gasteiger partial charge in [0.25, 0.3) is 0 Å². The van der Waals surface area contributed by atoms with Crippen LogP contribution < -0.4 is 11.0 Å². The van der Waals surface area contributed by atoms with Crippen molar-refractivity contribution in [2.75, 3.05) is 6.61 Å². The Balaban J connectivity index is 1.82. The zero-order valence-electron chi connectivity index (χ0n) is 24.1. The number of benzene rings is 2. The molecule has 0 radical (unpaired) electrons. The molecule has 16 heteroatoms. The van der Waals surface area contributed by atoms with Crippen molar-refractivity contribution < 1.29 is 27.8 Å². The molecule has 44 heavy (non-hydrogen) atoms. The number of ether oxygens (including phenoxy) is 1. The van der Waals surface area contributed by atoms with E-state index in [1.807, 2.05) is 20.8 Å².